The maximum absolute atomic E-state index is 12.0. The summed E-state index contributed by atoms with van der Waals surface area (Å²) in [7, 11) is -2.07. The Bertz CT molecular complexity index is 670. The maximum Gasteiger partial charge on any atom is 0.337 e. The normalized spacial score (nSPS) is 12.7. The second-order valence-corrected chi connectivity index (χ2v) is 7.43. The molecule has 8 heteroatoms. The lowest BCUT2D eigenvalue weighted by atomic mass is 10.2. The fourth-order valence-corrected chi connectivity index (χ4v) is 3.39. The number of esters is 1. The van der Waals surface area contributed by atoms with Crippen LogP contribution >= 0.6 is 0 Å². The van der Waals surface area contributed by atoms with E-state index in [-0.39, 0.29) is 24.9 Å². The Morgan fingerprint density at radius 1 is 1.25 bits per heavy atom. The molecule has 0 aliphatic rings. The molecular weight excluding hydrogens is 332 g/mol. The third-order valence-electron chi connectivity index (χ3n) is 3.66. The summed E-state index contributed by atoms with van der Waals surface area (Å²) in [6.45, 7) is 3.83. The Labute approximate surface area is 143 Å². The number of ether oxygens (including phenoxy) is 1. The molecule has 0 aromatic heterocycles. The van der Waals surface area contributed by atoms with Crippen LogP contribution in [0.15, 0.2) is 24.3 Å². The Morgan fingerprint density at radius 2 is 1.83 bits per heavy atom. The van der Waals surface area contributed by atoms with Gasteiger partial charge in [0.2, 0.25) is 15.9 Å². The van der Waals surface area contributed by atoms with Gasteiger partial charge >= 0.3 is 5.97 Å². The van der Waals surface area contributed by atoms with Crippen LogP contribution < -0.4 is 5.32 Å². The lowest BCUT2D eigenvalue weighted by Gasteiger charge is -2.25. The second-order valence-electron chi connectivity index (χ2n) is 5.50. The van der Waals surface area contributed by atoms with E-state index in [1.54, 1.807) is 24.3 Å². The number of methoxy groups -OCH3 is 1. The first-order valence-corrected chi connectivity index (χ1v) is 9.49. The smallest absolute Gasteiger partial charge is 0.337 e. The fraction of sp³-hybridized carbons (Fsp3) is 0.500. The predicted octanol–water partition coefficient (Wildman–Crippen LogP) is 1.86. The summed E-state index contributed by atoms with van der Waals surface area (Å²) in [5.41, 5.74) is 0.914. The van der Waals surface area contributed by atoms with Crippen molar-refractivity contribution in [3.05, 3.63) is 29.8 Å². The largest absolute Gasteiger partial charge is 0.465 e. The zero-order valence-electron chi connectivity index (χ0n) is 14.4. The number of sulfonamides is 1. The SMILES string of the molecule is CCC(C)N(CCC(=O)Nc1ccc(C(=O)OC)cc1)S(C)(=O)=O. The second kappa shape index (κ2) is 8.79. The predicted molar refractivity (Wildman–Crippen MR) is 92.3 cm³/mol. The van der Waals surface area contributed by atoms with Crippen molar-refractivity contribution in [1.29, 1.82) is 0 Å². The molecule has 0 bridgehead atoms. The number of hydrogen-bond acceptors (Lipinski definition) is 5. The minimum Gasteiger partial charge on any atom is -0.465 e. The molecule has 0 fully saturated rings. The monoisotopic (exact) mass is 356 g/mol. The van der Waals surface area contributed by atoms with Crippen LogP contribution in [0.5, 0.6) is 0 Å². The summed E-state index contributed by atoms with van der Waals surface area (Å²) in [5, 5.41) is 2.68. The molecule has 0 saturated carbocycles. The quantitative estimate of drug-likeness (QED) is 0.718. The minimum absolute atomic E-state index is 0.0517. The summed E-state index contributed by atoms with van der Waals surface area (Å²) in [6.07, 6.45) is 1.86. The molecule has 0 spiro atoms. The lowest BCUT2D eigenvalue weighted by Crippen LogP contribution is -2.39. The molecule has 1 amide bonds. The number of benzene rings is 1. The van der Waals surface area contributed by atoms with Crippen molar-refractivity contribution < 1.29 is 22.7 Å². The fourth-order valence-electron chi connectivity index (χ4n) is 2.16. The Kier molecular flexibility index (Phi) is 7.37. The molecule has 0 saturated heterocycles. The highest BCUT2D eigenvalue weighted by atomic mass is 32.2. The van der Waals surface area contributed by atoms with Gasteiger partial charge < -0.3 is 10.1 Å². The van der Waals surface area contributed by atoms with Crippen molar-refractivity contribution in [3.8, 4) is 0 Å². The molecular formula is C16H24N2O5S. The van der Waals surface area contributed by atoms with Gasteiger partial charge in [0.25, 0.3) is 0 Å². The van der Waals surface area contributed by atoms with Crippen molar-refractivity contribution in [2.75, 3.05) is 25.2 Å². The molecule has 1 atom stereocenters. The van der Waals surface area contributed by atoms with Crippen LogP contribution in [0.3, 0.4) is 0 Å². The van der Waals surface area contributed by atoms with Crippen molar-refractivity contribution >= 4 is 27.6 Å². The average molecular weight is 356 g/mol. The van der Waals surface area contributed by atoms with E-state index in [1.165, 1.54) is 11.4 Å². The van der Waals surface area contributed by atoms with Crippen molar-refractivity contribution in [2.45, 2.75) is 32.7 Å². The van der Waals surface area contributed by atoms with Crippen LogP contribution in [-0.2, 0) is 19.6 Å². The molecule has 7 nitrogen and oxygen atoms in total. The Balaban J connectivity index is 2.64. The summed E-state index contributed by atoms with van der Waals surface area (Å²) in [4.78, 5) is 23.3. The van der Waals surface area contributed by atoms with Gasteiger partial charge in [-0.1, -0.05) is 6.92 Å². The van der Waals surface area contributed by atoms with Gasteiger partial charge in [0.05, 0.1) is 18.9 Å². The van der Waals surface area contributed by atoms with Crippen LogP contribution in [0.1, 0.15) is 37.0 Å². The Morgan fingerprint density at radius 3 is 2.29 bits per heavy atom. The van der Waals surface area contributed by atoms with Crippen LogP contribution in [-0.4, -0.2) is 50.6 Å². The lowest BCUT2D eigenvalue weighted by molar-refractivity contribution is -0.116. The first kappa shape index (κ1) is 20.1. The van der Waals surface area contributed by atoms with E-state index in [0.29, 0.717) is 17.7 Å². The molecule has 1 aromatic carbocycles. The van der Waals surface area contributed by atoms with Gasteiger partial charge in [-0.05, 0) is 37.6 Å². The average Bonchev–Trinajstić information content (AvgIpc) is 2.53. The standard InChI is InChI=1S/C16H24N2O5S/c1-5-12(2)18(24(4,21)22)11-10-15(19)17-14-8-6-13(7-9-14)16(20)23-3/h6-9,12H,5,10-11H2,1-4H3,(H,17,19). The van der Waals surface area contributed by atoms with E-state index < -0.39 is 16.0 Å². The summed E-state index contributed by atoms with van der Waals surface area (Å²) < 4.78 is 29.5. The highest BCUT2D eigenvalue weighted by molar-refractivity contribution is 7.88. The molecule has 1 unspecified atom stereocenters. The highest BCUT2D eigenvalue weighted by Crippen LogP contribution is 2.13. The molecule has 0 radical (unpaired) electrons. The van der Waals surface area contributed by atoms with Crippen LogP contribution in [0.2, 0.25) is 0 Å². The van der Waals surface area contributed by atoms with Crippen LogP contribution in [0.4, 0.5) is 5.69 Å². The van der Waals surface area contributed by atoms with E-state index in [9.17, 15) is 18.0 Å². The van der Waals surface area contributed by atoms with Gasteiger partial charge in [-0.15, -0.1) is 0 Å². The number of hydrogen-bond donors (Lipinski definition) is 1. The minimum atomic E-state index is -3.36. The van der Waals surface area contributed by atoms with Gasteiger partial charge in [0.1, 0.15) is 0 Å². The molecule has 0 heterocycles. The molecule has 0 aliphatic heterocycles. The third-order valence-corrected chi connectivity index (χ3v) is 5.05. The molecule has 1 rings (SSSR count). The number of nitrogens with one attached hydrogen (secondary N) is 1. The zero-order valence-corrected chi connectivity index (χ0v) is 15.2. The van der Waals surface area contributed by atoms with Gasteiger partial charge in [0.15, 0.2) is 0 Å². The third kappa shape index (κ3) is 5.93. The van der Waals surface area contributed by atoms with Gasteiger partial charge in [-0.2, -0.15) is 4.31 Å². The van der Waals surface area contributed by atoms with Gasteiger partial charge in [-0.25, -0.2) is 13.2 Å². The molecule has 0 aliphatic carbocycles. The zero-order chi connectivity index (χ0) is 18.3. The number of carbonyl (C=O) groups excluding carboxylic acids is 2. The summed E-state index contributed by atoms with van der Waals surface area (Å²) in [5.74, 6) is -0.747. The van der Waals surface area contributed by atoms with E-state index >= 15 is 0 Å². The summed E-state index contributed by atoms with van der Waals surface area (Å²) in [6, 6.07) is 6.11. The summed E-state index contributed by atoms with van der Waals surface area (Å²) >= 11 is 0. The van der Waals surface area contributed by atoms with Crippen molar-refractivity contribution in [3.63, 3.8) is 0 Å². The molecule has 134 valence electrons. The van der Waals surface area contributed by atoms with Crippen LogP contribution in [0, 0.1) is 0 Å². The van der Waals surface area contributed by atoms with E-state index in [1.807, 2.05) is 13.8 Å². The van der Waals surface area contributed by atoms with Crippen molar-refractivity contribution in [2.24, 2.45) is 0 Å². The molecule has 1 aromatic rings. The molecule has 1 N–H and O–H groups in total. The maximum atomic E-state index is 12.0. The van der Waals surface area contributed by atoms with E-state index in [4.69, 9.17) is 0 Å². The van der Waals surface area contributed by atoms with Crippen LogP contribution in [0.25, 0.3) is 0 Å². The number of amides is 1. The Hall–Kier alpha value is -1.93. The van der Waals surface area contributed by atoms with Gasteiger partial charge in [-0.3, -0.25) is 4.79 Å². The first-order valence-electron chi connectivity index (χ1n) is 7.64. The number of rotatable bonds is 8. The van der Waals surface area contributed by atoms with E-state index in [2.05, 4.69) is 10.1 Å². The van der Waals surface area contributed by atoms with Crippen molar-refractivity contribution in [1.82, 2.24) is 4.31 Å². The van der Waals surface area contributed by atoms with E-state index in [0.717, 1.165) is 6.26 Å². The highest BCUT2D eigenvalue weighted by Gasteiger charge is 2.22. The van der Waals surface area contributed by atoms with Gasteiger partial charge in [0, 0.05) is 24.7 Å². The topological polar surface area (TPSA) is 92.8 Å². The number of anilines is 1. The number of nitrogens with zero attached hydrogens (tertiary/aromatic N) is 1. The number of carbonyl (C=O) groups is 2. The molecule has 24 heavy (non-hydrogen) atoms. The first-order chi connectivity index (χ1) is 11.2.